The molecule has 0 radical (unpaired) electrons. The Kier molecular flexibility index (Phi) is 5.60. The highest BCUT2D eigenvalue weighted by Gasteiger charge is 2.30. The molecule has 2 aromatic carbocycles. The number of amides is 1. The Morgan fingerprint density at radius 3 is 2.67 bits per heavy atom. The SMILES string of the molecule is C[C@@H](N[S+]([O-])C(C)(C)C)c1ccc2c(c1)CCN2C(=O)c1cccc(F)c1. The third kappa shape index (κ3) is 4.34. The van der Waals surface area contributed by atoms with E-state index in [1.54, 1.807) is 17.0 Å². The minimum Gasteiger partial charge on any atom is -0.598 e. The lowest BCUT2D eigenvalue weighted by atomic mass is 10.0. The summed E-state index contributed by atoms with van der Waals surface area (Å²) >= 11 is -1.16. The lowest BCUT2D eigenvalue weighted by Gasteiger charge is -2.26. The quantitative estimate of drug-likeness (QED) is 0.801. The molecule has 1 aliphatic rings. The number of hydrogen-bond acceptors (Lipinski definition) is 3. The van der Waals surface area contributed by atoms with Crippen molar-refractivity contribution in [3.63, 3.8) is 0 Å². The van der Waals surface area contributed by atoms with Crippen LogP contribution in [-0.2, 0) is 17.8 Å². The number of fused-ring (bicyclic) bond motifs is 1. The molecule has 1 heterocycles. The summed E-state index contributed by atoms with van der Waals surface area (Å²) in [6, 6.07) is 11.6. The third-order valence-corrected chi connectivity index (χ3v) is 6.34. The largest absolute Gasteiger partial charge is 0.598 e. The average molecular weight is 389 g/mol. The Hall–Kier alpha value is -1.89. The second-order valence-corrected chi connectivity index (χ2v) is 9.82. The van der Waals surface area contributed by atoms with E-state index in [1.807, 2.05) is 39.8 Å². The molecule has 4 nitrogen and oxygen atoms in total. The smallest absolute Gasteiger partial charge is 0.258 e. The van der Waals surface area contributed by atoms with E-state index in [2.05, 4.69) is 10.8 Å². The highest BCUT2D eigenvalue weighted by Crippen LogP contribution is 2.32. The molecule has 1 N–H and O–H groups in total. The van der Waals surface area contributed by atoms with Gasteiger partial charge in [-0.1, -0.05) is 18.2 Å². The lowest BCUT2D eigenvalue weighted by Crippen LogP contribution is -2.40. The number of rotatable bonds is 4. The zero-order chi connectivity index (χ0) is 19.8. The molecular formula is C21H25FN2O2S. The van der Waals surface area contributed by atoms with Crippen molar-refractivity contribution in [1.82, 2.24) is 4.72 Å². The molecule has 1 amide bonds. The van der Waals surface area contributed by atoms with Gasteiger partial charge in [0.05, 0.1) is 6.04 Å². The highest BCUT2D eigenvalue weighted by molar-refractivity contribution is 7.90. The third-order valence-electron chi connectivity index (χ3n) is 4.66. The van der Waals surface area contributed by atoms with E-state index in [1.165, 1.54) is 12.1 Å². The van der Waals surface area contributed by atoms with Crippen molar-refractivity contribution >= 4 is 23.0 Å². The number of anilines is 1. The first kappa shape index (κ1) is 19.9. The molecular weight excluding hydrogens is 363 g/mol. The van der Waals surface area contributed by atoms with Gasteiger partial charge in [0.2, 0.25) is 0 Å². The van der Waals surface area contributed by atoms with Gasteiger partial charge in [-0.3, -0.25) is 4.79 Å². The fourth-order valence-electron chi connectivity index (χ4n) is 3.08. The summed E-state index contributed by atoms with van der Waals surface area (Å²) in [5, 5.41) is 0. The molecule has 1 aliphatic heterocycles. The number of carbonyl (C=O) groups is 1. The van der Waals surface area contributed by atoms with E-state index >= 15 is 0 Å². The van der Waals surface area contributed by atoms with Crippen LogP contribution in [0.4, 0.5) is 10.1 Å². The van der Waals surface area contributed by atoms with E-state index in [9.17, 15) is 13.7 Å². The Morgan fingerprint density at radius 1 is 1.26 bits per heavy atom. The molecule has 2 aromatic rings. The second-order valence-electron chi connectivity index (χ2n) is 7.83. The van der Waals surface area contributed by atoms with Crippen LogP contribution in [0, 0.1) is 5.82 Å². The Balaban J connectivity index is 1.78. The van der Waals surface area contributed by atoms with Crippen molar-refractivity contribution in [1.29, 1.82) is 0 Å². The first-order chi connectivity index (χ1) is 12.7. The van der Waals surface area contributed by atoms with Gasteiger partial charge in [0.1, 0.15) is 10.6 Å². The topological polar surface area (TPSA) is 55.4 Å². The van der Waals surface area contributed by atoms with Crippen LogP contribution in [-0.4, -0.2) is 21.8 Å². The summed E-state index contributed by atoms with van der Waals surface area (Å²) in [5.74, 6) is -0.608. The summed E-state index contributed by atoms with van der Waals surface area (Å²) in [7, 11) is 0. The fraction of sp³-hybridized carbons (Fsp3) is 0.381. The van der Waals surface area contributed by atoms with Crippen LogP contribution < -0.4 is 9.62 Å². The van der Waals surface area contributed by atoms with Crippen molar-refractivity contribution < 1.29 is 13.7 Å². The Morgan fingerprint density at radius 2 is 2.00 bits per heavy atom. The second kappa shape index (κ2) is 7.62. The molecule has 0 aromatic heterocycles. The van der Waals surface area contributed by atoms with Crippen molar-refractivity contribution in [2.24, 2.45) is 0 Å². The molecule has 0 saturated carbocycles. The number of carbonyl (C=O) groups excluding carboxylic acids is 1. The monoisotopic (exact) mass is 388 g/mol. The summed E-state index contributed by atoms with van der Waals surface area (Å²) in [5.41, 5.74) is 3.32. The maximum atomic E-state index is 13.4. The molecule has 0 aliphatic carbocycles. The van der Waals surface area contributed by atoms with Crippen LogP contribution >= 0.6 is 0 Å². The Labute approximate surface area is 163 Å². The molecule has 0 spiro atoms. The molecule has 6 heteroatoms. The van der Waals surface area contributed by atoms with Gasteiger partial charge in [0, 0.05) is 29.2 Å². The molecule has 2 atom stereocenters. The normalized spacial score (nSPS) is 16.1. The van der Waals surface area contributed by atoms with Crippen molar-refractivity contribution in [3.8, 4) is 0 Å². The van der Waals surface area contributed by atoms with Crippen LogP contribution in [0.25, 0.3) is 0 Å². The van der Waals surface area contributed by atoms with E-state index in [4.69, 9.17) is 0 Å². The van der Waals surface area contributed by atoms with Crippen LogP contribution in [0.5, 0.6) is 0 Å². The maximum Gasteiger partial charge on any atom is 0.258 e. The minimum atomic E-state index is -1.16. The maximum absolute atomic E-state index is 13.4. The number of nitrogens with zero attached hydrogens (tertiary/aromatic N) is 1. The highest BCUT2D eigenvalue weighted by atomic mass is 32.2. The van der Waals surface area contributed by atoms with Gasteiger partial charge in [0.15, 0.2) is 0 Å². The zero-order valence-electron chi connectivity index (χ0n) is 16.1. The minimum absolute atomic E-state index is 0.0664. The van der Waals surface area contributed by atoms with Gasteiger partial charge in [0.25, 0.3) is 5.91 Å². The van der Waals surface area contributed by atoms with Gasteiger partial charge in [-0.2, -0.15) is 0 Å². The number of hydrogen-bond donors (Lipinski definition) is 1. The predicted molar refractivity (Wildman–Crippen MR) is 108 cm³/mol. The standard InChI is InChI=1S/C21H25FN2O2S/c1-14(23-27(26)21(2,3)4)15-8-9-19-16(12-15)10-11-24(19)20(25)17-6-5-7-18(22)13-17/h5-9,12-14,23H,10-11H2,1-4H3/t14-,27?/m1/s1. The molecule has 1 unspecified atom stereocenters. The van der Waals surface area contributed by atoms with Crippen LogP contribution in [0.1, 0.15) is 55.2 Å². The first-order valence-electron chi connectivity index (χ1n) is 9.05. The average Bonchev–Trinajstić information content (AvgIpc) is 3.03. The van der Waals surface area contributed by atoms with Crippen LogP contribution in [0.3, 0.4) is 0 Å². The fourth-order valence-corrected chi connectivity index (χ4v) is 3.90. The predicted octanol–water partition coefficient (Wildman–Crippen LogP) is 4.14. The van der Waals surface area contributed by atoms with E-state index < -0.39 is 17.2 Å². The van der Waals surface area contributed by atoms with Crippen molar-refractivity contribution in [2.45, 2.75) is 44.9 Å². The summed E-state index contributed by atoms with van der Waals surface area (Å²) in [6.45, 7) is 8.35. The van der Waals surface area contributed by atoms with Crippen LogP contribution in [0.2, 0.25) is 0 Å². The van der Waals surface area contributed by atoms with Gasteiger partial charge in [-0.15, -0.1) is 4.72 Å². The summed E-state index contributed by atoms with van der Waals surface area (Å²) in [6.07, 6.45) is 0.749. The molecule has 0 saturated heterocycles. The van der Waals surface area contributed by atoms with Gasteiger partial charge in [-0.05, 0) is 69.5 Å². The number of nitrogens with one attached hydrogen (secondary N) is 1. The molecule has 0 bridgehead atoms. The van der Waals surface area contributed by atoms with Gasteiger partial charge in [-0.25, -0.2) is 4.39 Å². The van der Waals surface area contributed by atoms with Gasteiger partial charge >= 0.3 is 0 Å². The molecule has 3 rings (SSSR count). The van der Waals surface area contributed by atoms with Gasteiger partial charge < -0.3 is 9.45 Å². The summed E-state index contributed by atoms with van der Waals surface area (Å²) < 4.78 is 28.6. The van der Waals surface area contributed by atoms with Crippen molar-refractivity contribution in [2.75, 3.05) is 11.4 Å². The van der Waals surface area contributed by atoms with E-state index in [0.29, 0.717) is 12.1 Å². The number of benzene rings is 2. The van der Waals surface area contributed by atoms with Crippen molar-refractivity contribution in [3.05, 3.63) is 65.0 Å². The summed E-state index contributed by atoms with van der Waals surface area (Å²) in [4.78, 5) is 14.4. The molecule has 0 fully saturated rings. The zero-order valence-corrected chi connectivity index (χ0v) is 16.9. The lowest BCUT2D eigenvalue weighted by molar-refractivity contribution is 0.0989. The molecule has 27 heavy (non-hydrogen) atoms. The van der Waals surface area contributed by atoms with E-state index in [-0.39, 0.29) is 16.7 Å². The van der Waals surface area contributed by atoms with Crippen LogP contribution in [0.15, 0.2) is 42.5 Å². The first-order valence-corrected chi connectivity index (χ1v) is 10.2. The van der Waals surface area contributed by atoms with E-state index in [0.717, 1.165) is 23.2 Å². The molecule has 144 valence electrons. The Bertz CT molecular complexity index is 850. The number of halogens is 1.